The van der Waals surface area contributed by atoms with E-state index in [1.165, 1.54) is 6.42 Å². The molecule has 0 amide bonds. The third-order valence-electron chi connectivity index (χ3n) is 4.56. The van der Waals surface area contributed by atoms with Gasteiger partial charge in [0.25, 0.3) is 0 Å². The SMILES string of the molecule is CCOc1ccc(-c2cn3nc(NC4CCCNC4)cc(N)c3n2)cc1. The van der Waals surface area contributed by atoms with Crippen LogP contribution in [0.2, 0.25) is 0 Å². The summed E-state index contributed by atoms with van der Waals surface area (Å²) in [6.07, 6.45) is 4.21. The van der Waals surface area contributed by atoms with E-state index < -0.39 is 0 Å². The van der Waals surface area contributed by atoms with Crippen molar-refractivity contribution in [2.75, 3.05) is 30.7 Å². The average molecular weight is 352 g/mol. The highest BCUT2D eigenvalue weighted by atomic mass is 16.5. The molecule has 2 aromatic heterocycles. The summed E-state index contributed by atoms with van der Waals surface area (Å²) in [6, 6.07) is 10.1. The molecule has 1 aliphatic heterocycles. The summed E-state index contributed by atoms with van der Waals surface area (Å²) in [5.41, 5.74) is 9.34. The molecule has 0 saturated carbocycles. The number of nitrogens with zero attached hydrogens (tertiary/aromatic N) is 3. The minimum atomic E-state index is 0.377. The first-order valence-corrected chi connectivity index (χ1v) is 9.09. The fourth-order valence-electron chi connectivity index (χ4n) is 3.28. The first-order chi connectivity index (χ1) is 12.7. The smallest absolute Gasteiger partial charge is 0.177 e. The maximum Gasteiger partial charge on any atom is 0.177 e. The van der Waals surface area contributed by atoms with Gasteiger partial charge in [-0.2, -0.15) is 0 Å². The Kier molecular flexibility index (Phi) is 4.62. The summed E-state index contributed by atoms with van der Waals surface area (Å²) in [4.78, 5) is 4.64. The van der Waals surface area contributed by atoms with Crippen LogP contribution in [0.5, 0.6) is 5.75 Å². The summed E-state index contributed by atoms with van der Waals surface area (Å²) < 4.78 is 7.24. The zero-order valence-electron chi connectivity index (χ0n) is 14.9. The second-order valence-corrected chi connectivity index (χ2v) is 6.52. The number of nitrogens with one attached hydrogen (secondary N) is 2. The molecule has 0 bridgehead atoms. The van der Waals surface area contributed by atoms with Crippen molar-refractivity contribution in [1.29, 1.82) is 0 Å². The van der Waals surface area contributed by atoms with Crippen molar-refractivity contribution >= 4 is 17.2 Å². The van der Waals surface area contributed by atoms with Crippen molar-refractivity contribution in [3.8, 4) is 17.0 Å². The molecule has 1 atom stereocenters. The lowest BCUT2D eigenvalue weighted by molar-refractivity contribution is 0.340. The number of hydrogen-bond acceptors (Lipinski definition) is 6. The van der Waals surface area contributed by atoms with Crippen molar-refractivity contribution in [2.45, 2.75) is 25.8 Å². The molecule has 3 aromatic rings. The van der Waals surface area contributed by atoms with Gasteiger partial charge < -0.3 is 21.1 Å². The lowest BCUT2D eigenvalue weighted by atomic mass is 10.1. The third kappa shape index (κ3) is 3.43. The highest BCUT2D eigenvalue weighted by Gasteiger charge is 2.15. The van der Waals surface area contributed by atoms with E-state index in [1.54, 1.807) is 4.52 Å². The molecule has 1 saturated heterocycles. The standard InChI is InChI=1S/C19H24N6O/c1-2-26-15-7-5-13(6-8-15)17-12-25-19(23-17)16(20)10-18(24-25)22-14-4-3-9-21-11-14/h5-8,10,12,14,21H,2-4,9,11,20H2,1H3,(H,22,24). The van der Waals surface area contributed by atoms with E-state index >= 15 is 0 Å². The molecule has 26 heavy (non-hydrogen) atoms. The van der Waals surface area contributed by atoms with Gasteiger partial charge in [-0.15, -0.1) is 5.10 Å². The number of nitrogen functional groups attached to an aromatic ring is 1. The van der Waals surface area contributed by atoms with Crippen LogP contribution in [0.25, 0.3) is 16.9 Å². The van der Waals surface area contributed by atoms with Crippen molar-refractivity contribution in [1.82, 2.24) is 19.9 Å². The molecule has 4 N–H and O–H groups in total. The highest BCUT2D eigenvalue weighted by Crippen LogP contribution is 2.25. The number of hydrogen-bond donors (Lipinski definition) is 3. The minimum absolute atomic E-state index is 0.377. The molecule has 7 heteroatoms. The lowest BCUT2D eigenvalue weighted by Crippen LogP contribution is -2.38. The van der Waals surface area contributed by atoms with Gasteiger partial charge in [-0.05, 0) is 50.6 Å². The van der Waals surface area contributed by atoms with Gasteiger partial charge in [0.15, 0.2) is 5.65 Å². The molecule has 4 rings (SSSR count). The number of imidazole rings is 1. The summed E-state index contributed by atoms with van der Waals surface area (Å²) in [7, 11) is 0. The van der Waals surface area contributed by atoms with E-state index in [0.717, 1.165) is 42.3 Å². The average Bonchev–Trinajstić information content (AvgIpc) is 3.08. The second kappa shape index (κ2) is 7.21. The molecule has 0 radical (unpaired) electrons. The van der Waals surface area contributed by atoms with E-state index in [2.05, 4.69) is 20.7 Å². The van der Waals surface area contributed by atoms with Crippen LogP contribution in [0.15, 0.2) is 36.5 Å². The largest absolute Gasteiger partial charge is 0.494 e. The van der Waals surface area contributed by atoms with Crippen molar-refractivity contribution in [3.63, 3.8) is 0 Å². The highest BCUT2D eigenvalue weighted by molar-refractivity contribution is 5.72. The van der Waals surface area contributed by atoms with Crippen LogP contribution in [-0.4, -0.2) is 40.3 Å². The molecule has 0 spiro atoms. The maximum absolute atomic E-state index is 6.22. The van der Waals surface area contributed by atoms with Crippen molar-refractivity contribution < 1.29 is 4.74 Å². The number of anilines is 2. The number of piperidine rings is 1. The molecular formula is C19H24N6O. The summed E-state index contributed by atoms with van der Waals surface area (Å²) in [5, 5.41) is 11.5. The first-order valence-electron chi connectivity index (χ1n) is 9.09. The van der Waals surface area contributed by atoms with Crippen LogP contribution < -0.4 is 21.1 Å². The van der Waals surface area contributed by atoms with Crippen LogP contribution in [0.1, 0.15) is 19.8 Å². The van der Waals surface area contributed by atoms with E-state index in [4.69, 9.17) is 10.5 Å². The van der Waals surface area contributed by atoms with E-state index in [9.17, 15) is 0 Å². The molecular weight excluding hydrogens is 328 g/mol. The maximum atomic E-state index is 6.22. The Bertz CT molecular complexity index is 883. The summed E-state index contributed by atoms with van der Waals surface area (Å²) in [6.45, 7) is 4.65. The number of ether oxygens (including phenoxy) is 1. The molecule has 1 fully saturated rings. The number of fused-ring (bicyclic) bond motifs is 1. The predicted molar refractivity (Wildman–Crippen MR) is 104 cm³/mol. The Morgan fingerprint density at radius 3 is 2.92 bits per heavy atom. The third-order valence-corrected chi connectivity index (χ3v) is 4.56. The normalized spacial score (nSPS) is 17.3. The monoisotopic (exact) mass is 352 g/mol. The van der Waals surface area contributed by atoms with Crippen LogP contribution in [0.3, 0.4) is 0 Å². The Morgan fingerprint density at radius 2 is 2.19 bits per heavy atom. The fourth-order valence-corrected chi connectivity index (χ4v) is 3.28. The van der Waals surface area contributed by atoms with Crippen molar-refractivity contribution in [2.24, 2.45) is 0 Å². The van der Waals surface area contributed by atoms with Crippen LogP contribution in [-0.2, 0) is 0 Å². The Balaban J connectivity index is 1.60. The van der Waals surface area contributed by atoms with Gasteiger partial charge in [-0.25, -0.2) is 9.50 Å². The van der Waals surface area contributed by atoms with E-state index in [-0.39, 0.29) is 0 Å². The molecule has 1 aromatic carbocycles. The van der Waals surface area contributed by atoms with E-state index in [0.29, 0.717) is 24.0 Å². The number of rotatable bonds is 5. The fraction of sp³-hybridized carbons (Fsp3) is 0.368. The zero-order chi connectivity index (χ0) is 17.9. The number of aromatic nitrogens is 3. The molecule has 1 unspecified atom stereocenters. The van der Waals surface area contributed by atoms with Gasteiger partial charge in [0, 0.05) is 24.2 Å². The number of nitrogens with two attached hydrogens (primary N) is 1. The van der Waals surface area contributed by atoms with Crippen LogP contribution in [0, 0.1) is 0 Å². The molecule has 1 aliphatic rings. The molecule has 7 nitrogen and oxygen atoms in total. The minimum Gasteiger partial charge on any atom is -0.494 e. The second-order valence-electron chi connectivity index (χ2n) is 6.52. The number of benzene rings is 1. The molecule has 3 heterocycles. The van der Waals surface area contributed by atoms with Gasteiger partial charge in [-0.3, -0.25) is 0 Å². The summed E-state index contributed by atoms with van der Waals surface area (Å²) >= 11 is 0. The first kappa shape index (κ1) is 16.7. The van der Waals surface area contributed by atoms with E-state index in [1.807, 2.05) is 43.5 Å². The van der Waals surface area contributed by atoms with Crippen molar-refractivity contribution in [3.05, 3.63) is 36.5 Å². The quantitative estimate of drug-likeness (QED) is 0.654. The van der Waals surface area contributed by atoms with Gasteiger partial charge in [0.2, 0.25) is 0 Å². The van der Waals surface area contributed by atoms with Gasteiger partial charge >= 0.3 is 0 Å². The Labute approximate surface area is 152 Å². The van der Waals surface area contributed by atoms with Gasteiger partial charge in [0.1, 0.15) is 11.6 Å². The Hall–Kier alpha value is -2.80. The zero-order valence-corrected chi connectivity index (χ0v) is 14.9. The topological polar surface area (TPSA) is 89.5 Å². The lowest BCUT2D eigenvalue weighted by Gasteiger charge is -2.24. The predicted octanol–water partition coefficient (Wildman–Crippen LogP) is 2.54. The molecule has 136 valence electrons. The van der Waals surface area contributed by atoms with Crippen LogP contribution >= 0.6 is 0 Å². The van der Waals surface area contributed by atoms with Crippen LogP contribution in [0.4, 0.5) is 11.5 Å². The van der Waals surface area contributed by atoms with Gasteiger partial charge in [-0.1, -0.05) is 0 Å². The summed E-state index contributed by atoms with van der Waals surface area (Å²) in [5.74, 6) is 1.63. The Morgan fingerprint density at radius 1 is 1.35 bits per heavy atom. The molecule has 0 aliphatic carbocycles. The van der Waals surface area contributed by atoms with Gasteiger partial charge in [0.05, 0.1) is 24.2 Å².